The van der Waals surface area contributed by atoms with Gasteiger partial charge in [-0.1, -0.05) is 41.6 Å². The summed E-state index contributed by atoms with van der Waals surface area (Å²) in [7, 11) is 0. The molecule has 0 radical (unpaired) electrons. The molecular formula is C14H15NO2. The first-order valence-corrected chi connectivity index (χ1v) is 5.91. The second-order valence-electron chi connectivity index (χ2n) is 4.41. The lowest BCUT2D eigenvalue weighted by molar-refractivity contribution is 0.0158. The molecule has 3 nitrogen and oxygen atoms in total. The minimum Gasteiger partial charge on any atom is -0.395 e. The zero-order valence-corrected chi connectivity index (χ0v) is 9.58. The van der Waals surface area contributed by atoms with Gasteiger partial charge in [0.15, 0.2) is 0 Å². The Balaban J connectivity index is 1.89. The zero-order valence-electron chi connectivity index (χ0n) is 9.58. The first-order valence-electron chi connectivity index (χ1n) is 5.91. The maximum Gasteiger partial charge on any atom is 0.127 e. The lowest BCUT2D eigenvalue weighted by atomic mass is 9.94. The zero-order chi connectivity index (χ0) is 11.7. The van der Waals surface area contributed by atoms with Crippen molar-refractivity contribution in [3.05, 3.63) is 48.6 Å². The molecule has 2 heterocycles. The van der Waals surface area contributed by atoms with Gasteiger partial charge in [-0.05, 0) is 12.0 Å². The predicted octanol–water partition coefficient (Wildman–Crippen LogP) is 2.71. The molecular weight excluding hydrogens is 214 g/mol. The summed E-state index contributed by atoms with van der Waals surface area (Å²) in [4.78, 5) is 5.21. The summed E-state index contributed by atoms with van der Waals surface area (Å²) in [6, 6.07) is 10.2. The summed E-state index contributed by atoms with van der Waals surface area (Å²) in [6.45, 7) is 4.41. The highest BCUT2D eigenvalue weighted by Crippen LogP contribution is 2.39. The van der Waals surface area contributed by atoms with E-state index in [1.54, 1.807) is 0 Å². The Morgan fingerprint density at radius 2 is 2.18 bits per heavy atom. The van der Waals surface area contributed by atoms with Gasteiger partial charge in [-0.2, -0.15) is 0 Å². The molecule has 1 fully saturated rings. The Morgan fingerprint density at radius 3 is 2.94 bits per heavy atom. The van der Waals surface area contributed by atoms with E-state index in [9.17, 15) is 0 Å². The van der Waals surface area contributed by atoms with Crippen LogP contribution in [0.5, 0.6) is 0 Å². The van der Waals surface area contributed by atoms with Gasteiger partial charge in [0, 0.05) is 0 Å². The van der Waals surface area contributed by atoms with Crippen LogP contribution in [0.2, 0.25) is 0 Å². The van der Waals surface area contributed by atoms with E-state index in [1.165, 1.54) is 0 Å². The van der Waals surface area contributed by atoms with E-state index >= 15 is 0 Å². The minimum atomic E-state index is -0.0475. The fourth-order valence-corrected chi connectivity index (χ4v) is 2.49. The number of ether oxygens (including phenoxy) is 1. The first kappa shape index (κ1) is 10.5. The van der Waals surface area contributed by atoms with Crippen molar-refractivity contribution in [1.82, 2.24) is 0 Å². The fraction of sp³-hybridized carbons (Fsp3) is 0.357. The molecule has 1 aromatic carbocycles. The monoisotopic (exact) mass is 229 g/mol. The molecule has 88 valence electrons. The average Bonchev–Trinajstić information content (AvgIpc) is 2.94. The van der Waals surface area contributed by atoms with E-state index < -0.39 is 0 Å². The summed E-state index contributed by atoms with van der Waals surface area (Å²) in [5.41, 5.74) is 2.18. The van der Waals surface area contributed by atoms with E-state index in [4.69, 9.17) is 9.57 Å². The van der Waals surface area contributed by atoms with Crippen molar-refractivity contribution >= 4 is 5.71 Å². The van der Waals surface area contributed by atoms with Crippen molar-refractivity contribution in [2.75, 3.05) is 6.61 Å². The molecule has 3 rings (SSSR count). The van der Waals surface area contributed by atoms with Crippen LogP contribution in [-0.2, 0) is 9.57 Å². The van der Waals surface area contributed by atoms with E-state index in [0.29, 0.717) is 12.5 Å². The van der Waals surface area contributed by atoms with E-state index in [1.807, 2.05) is 24.3 Å². The molecule has 0 bridgehead atoms. The standard InChI is InChI=1S/C14H15NO2/c1-2-6-12-11-9-16-15-13(11)14(17-12)10-7-4-3-5-8-10/h2-5,7-8,11-12,14H,1,6,9H2/t11-,12+,14+/m1/s1. The van der Waals surface area contributed by atoms with E-state index in [0.717, 1.165) is 17.7 Å². The summed E-state index contributed by atoms with van der Waals surface area (Å²) < 4.78 is 6.07. The van der Waals surface area contributed by atoms with Gasteiger partial charge in [-0.25, -0.2) is 0 Å². The molecule has 0 spiro atoms. The molecule has 17 heavy (non-hydrogen) atoms. The Kier molecular flexibility index (Phi) is 2.69. The minimum absolute atomic E-state index is 0.0475. The third kappa shape index (κ3) is 1.76. The largest absolute Gasteiger partial charge is 0.395 e. The molecule has 0 saturated carbocycles. The van der Waals surface area contributed by atoms with Crippen LogP contribution < -0.4 is 0 Å². The van der Waals surface area contributed by atoms with Gasteiger partial charge in [-0.3, -0.25) is 0 Å². The number of hydrogen-bond donors (Lipinski definition) is 0. The lowest BCUT2D eigenvalue weighted by Crippen LogP contribution is -2.20. The molecule has 0 amide bonds. The van der Waals surface area contributed by atoms with Crippen LogP contribution in [0.4, 0.5) is 0 Å². The van der Waals surface area contributed by atoms with Crippen molar-refractivity contribution in [2.24, 2.45) is 11.1 Å². The first-order chi connectivity index (χ1) is 8.40. The molecule has 3 atom stereocenters. The summed E-state index contributed by atoms with van der Waals surface area (Å²) in [5, 5.41) is 4.15. The molecule has 0 aromatic heterocycles. The smallest absolute Gasteiger partial charge is 0.127 e. The summed E-state index contributed by atoms with van der Waals surface area (Å²) >= 11 is 0. The quantitative estimate of drug-likeness (QED) is 0.746. The Morgan fingerprint density at radius 1 is 1.35 bits per heavy atom. The molecule has 0 unspecified atom stereocenters. The maximum absolute atomic E-state index is 6.07. The summed E-state index contributed by atoms with van der Waals surface area (Å²) in [5.74, 6) is 0.290. The van der Waals surface area contributed by atoms with Crippen molar-refractivity contribution < 1.29 is 9.57 Å². The van der Waals surface area contributed by atoms with Crippen molar-refractivity contribution in [1.29, 1.82) is 0 Å². The van der Waals surface area contributed by atoms with Gasteiger partial charge in [0.1, 0.15) is 12.7 Å². The highest BCUT2D eigenvalue weighted by Gasteiger charge is 2.44. The van der Waals surface area contributed by atoms with Crippen LogP contribution in [0.1, 0.15) is 18.1 Å². The molecule has 2 aliphatic rings. The number of hydrogen-bond acceptors (Lipinski definition) is 3. The van der Waals surface area contributed by atoms with Crippen LogP contribution in [0.15, 0.2) is 48.1 Å². The van der Waals surface area contributed by atoms with Crippen molar-refractivity contribution in [3.8, 4) is 0 Å². The van der Waals surface area contributed by atoms with Crippen LogP contribution in [0.25, 0.3) is 0 Å². The number of rotatable bonds is 3. The maximum atomic E-state index is 6.07. The van der Waals surface area contributed by atoms with Gasteiger partial charge in [0.2, 0.25) is 0 Å². The molecule has 0 N–H and O–H groups in total. The predicted molar refractivity (Wildman–Crippen MR) is 65.7 cm³/mol. The van der Waals surface area contributed by atoms with Gasteiger partial charge >= 0.3 is 0 Å². The van der Waals surface area contributed by atoms with E-state index in [2.05, 4.69) is 23.9 Å². The van der Waals surface area contributed by atoms with Gasteiger partial charge in [0.05, 0.1) is 17.7 Å². The Hall–Kier alpha value is -1.61. The molecule has 2 aliphatic heterocycles. The Bertz CT molecular complexity index is 441. The highest BCUT2D eigenvalue weighted by atomic mass is 16.6. The average molecular weight is 229 g/mol. The molecule has 3 heteroatoms. The molecule has 1 aromatic rings. The lowest BCUT2D eigenvalue weighted by Gasteiger charge is -2.14. The second kappa shape index (κ2) is 4.34. The SMILES string of the molecule is C=CC[C@@H]1O[C@@H](c2ccccc2)C2=NOC[C@@H]21. The van der Waals surface area contributed by atoms with Gasteiger partial charge < -0.3 is 9.57 Å². The van der Waals surface area contributed by atoms with Crippen molar-refractivity contribution in [3.63, 3.8) is 0 Å². The van der Waals surface area contributed by atoms with Crippen LogP contribution >= 0.6 is 0 Å². The third-order valence-corrected chi connectivity index (χ3v) is 3.33. The van der Waals surface area contributed by atoms with Crippen molar-refractivity contribution in [2.45, 2.75) is 18.6 Å². The van der Waals surface area contributed by atoms with Gasteiger partial charge in [0.25, 0.3) is 0 Å². The Labute approximate surface area is 101 Å². The molecule has 0 aliphatic carbocycles. The van der Waals surface area contributed by atoms with Crippen LogP contribution in [0.3, 0.4) is 0 Å². The van der Waals surface area contributed by atoms with Crippen LogP contribution in [-0.4, -0.2) is 18.4 Å². The number of fused-ring (bicyclic) bond motifs is 1. The van der Waals surface area contributed by atoms with E-state index in [-0.39, 0.29) is 12.2 Å². The highest BCUT2D eigenvalue weighted by molar-refractivity contribution is 5.94. The topological polar surface area (TPSA) is 30.8 Å². The van der Waals surface area contributed by atoms with Gasteiger partial charge in [-0.15, -0.1) is 6.58 Å². The normalized spacial score (nSPS) is 30.6. The number of benzene rings is 1. The number of oxime groups is 1. The fourth-order valence-electron chi connectivity index (χ4n) is 2.49. The number of nitrogens with zero attached hydrogens (tertiary/aromatic N) is 1. The third-order valence-electron chi connectivity index (χ3n) is 3.33. The van der Waals surface area contributed by atoms with Crippen LogP contribution in [0, 0.1) is 5.92 Å². The molecule has 1 saturated heterocycles. The summed E-state index contributed by atoms with van der Waals surface area (Å²) in [6.07, 6.45) is 2.84. The second-order valence-corrected chi connectivity index (χ2v) is 4.41.